The van der Waals surface area contributed by atoms with Crippen molar-refractivity contribution in [1.29, 1.82) is 0 Å². The highest BCUT2D eigenvalue weighted by Crippen LogP contribution is 2.27. The Morgan fingerprint density at radius 2 is 1.64 bits per heavy atom. The fourth-order valence-corrected chi connectivity index (χ4v) is 1.48. The Morgan fingerprint density at radius 1 is 1.00 bits per heavy atom. The van der Waals surface area contributed by atoms with Crippen molar-refractivity contribution >= 4 is 11.6 Å². The maximum absolute atomic E-state index is 9.44. The van der Waals surface area contributed by atoms with E-state index in [0.717, 1.165) is 0 Å². The maximum Gasteiger partial charge on any atom is 0.198 e. The van der Waals surface area contributed by atoms with Crippen LogP contribution in [0.2, 0.25) is 5.02 Å². The average Bonchev–Trinajstić information content (AvgIpc) is 2.46. The molecule has 0 bridgehead atoms. The molecule has 4 heteroatoms. The van der Waals surface area contributed by atoms with E-state index in [2.05, 4.69) is 0 Å². The van der Waals surface area contributed by atoms with E-state index < -0.39 is 0 Å². The molecule has 2 aromatic rings. The first-order valence-electron chi connectivity index (χ1n) is 4.04. The quantitative estimate of drug-likeness (QED) is 0.758. The van der Waals surface area contributed by atoms with Crippen LogP contribution in [0.3, 0.4) is 0 Å². The van der Waals surface area contributed by atoms with Gasteiger partial charge in [-0.25, -0.2) is 0 Å². The lowest BCUT2D eigenvalue weighted by atomic mass is 10.3. The summed E-state index contributed by atoms with van der Waals surface area (Å²) in [6, 6.07) is 9.69. The maximum atomic E-state index is 9.44. The summed E-state index contributed by atoms with van der Waals surface area (Å²) >= 11 is 5.79. The fourth-order valence-electron chi connectivity index (χ4n) is 1.30. The van der Waals surface area contributed by atoms with Crippen LogP contribution < -0.4 is 0 Å². The van der Waals surface area contributed by atoms with Gasteiger partial charge in [-0.15, -0.1) is 0 Å². The molecule has 72 valence electrons. The minimum absolute atomic E-state index is 0.0234. The molecule has 0 fully saturated rings. The normalized spacial score (nSPS) is 10.4. The Morgan fingerprint density at radius 3 is 2.21 bits per heavy atom. The second-order valence-corrected chi connectivity index (χ2v) is 3.30. The number of aromatic nitrogens is 1. The third-order valence-corrected chi connectivity index (χ3v) is 2.14. The first kappa shape index (κ1) is 8.97. The Labute approximate surface area is 85.8 Å². The summed E-state index contributed by atoms with van der Waals surface area (Å²) in [6.07, 6.45) is 0. The molecule has 14 heavy (non-hydrogen) atoms. The van der Waals surface area contributed by atoms with Gasteiger partial charge >= 0.3 is 0 Å². The lowest BCUT2D eigenvalue weighted by Gasteiger charge is -2.06. The molecular weight excluding hydrogens is 202 g/mol. The number of hydrogen-bond donors (Lipinski definition) is 2. The van der Waals surface area contributed by atoms with Crippen LogP contribution in [0.25, 0.3) is 5.69 Å². The molecule has 0 spiro atoms. The predicted molar refractivity (Wildman–Crippen MR) is 54.1 cm³/mol. The van der Waals surface area contributed by atoms with Crippen molar-refractivity contribution in [2.24, 2.45) is 0 Å². The minimum atomic E-state index is -0.0234. The van der Waals surface area contributed by atoms with Gasteiger partial charge in [0.1, 0.15) is 0 Å². The standard InChI is InChI=1S/C10H8ClNO2/c11-7-2-1-3-8(6-7)12-9(13)4-5-10(12)14/h1-6,13-14H. The van der Waals surface area contributed by atoms with Crippen LogP contribution in [0.15, 0.2) is 36.4 Å². The molecule has 1 aromatic heterocycles. The van der Waals surface area contributed by atoms with Crippen molar-refractivity contribution in [1.82, 2.24) is 4.57 Å². The van der Waals surface area contributed by atoms with E-state index in [9.17, 15) is 10.2 Å². The van der Waals surface area contributed by atoms with Crippen molar-refractivity contribution in [2.45, 2.75) is 0 Å². The van der Waals surface area contributed by atoms with Crippen LogP contribution in [-0.2, 0) is 0 Å². The lowest BCUT2D eigenvalue weighted by molar-refractivity contribution is 0.402. The van der Waals surface area contributed by atoms with Crippen LogP contribution in [0.1, 0.15) is 0 Å². The molecule has 0 aliphatic rings. The van der Waals surface area contributed by atoms with Crippen LogP contribution in [-0.4, -0.2) is 14.8 Å². The molecule has 0 saturated carbocycles. The molecule has 0 unspecified atom stereocenters. The molecule has 3 nitrogen and oxygen atoms in total. The van der Waals surface area contributed by atoms with Gasteiger partial charge < -0.3 is 10.2 Å². The number of halogens is 1. The lowest BCUT2D eigenvalue weighted by Crippen LogP contribution is -1.91. The summed E-state index contributed by atoms with van der Waals surface area (Å²) in [7, 11) is 0. The van der Waals surface area contributed by atoms with E-state index in [4.69, 9.17) is 11.6 Å². The topological polar surface area (TPSA) is 45.4 Å². The Balaban J connectivity index is 2.59. The molecular formula is C10H8ClNO2. The van der Waals surface area contributed by atoms with E-state index in [-0.39, 0.29) is 11.8 Å². The summed E-state index contributed by atoms with van der Waals surface area (Å²) in [4.78, 5) is 0. The summed E-state index contributed by atoms with van der Waals surface area (Å²) in [5, 5.41) is 19.4. The fraction of sp³-hybridized carbons (Fsp3) is 0. The minimum Gasteiger partial charge on any atom is -0.494 e. The molecule has 1 aromatic carbocycles. The van der Waals surface area contributed by atoms with Crippen molar-refractivity contribution in [2.75, 3.05) is 0 Å². The summed E-state index contributed by atoms with van der Waals surface area (Å²) < 4.78 is 1.30. The molecule has 0 atom stereocenters. The zero-order valence-electron chi connectivity index (χ0n) is 7.18. The Bertz CT molecular complexity index is 445. The van der Waals surface area contributed by atoms with Gasteiger partial charge in [0.2, 0.25) is 0 Å². The Hall–Kier alpha value is -1.61. The van der Waals surface area contributed by atoms with E-state index in [0.29, 0.717) is 10.7 Å². The van der Waals surface area contributed by atoms with Gasteiger partial charge in [0.05, 0.1) is 5.69 Å². The molecule has 0 radical (unpaired) electrons. The Kier molecular flexibility index (Phi) is 2.09. The van der Waals surface area contributed by atoms with E-state index in [1.807, 2.05) is 0 Å². The molecule has 0 saturated heterocycles. The van der Waals surface area contributed by atoms with Crippen LogP contribution in [0.4, 0.5) is 0 Å². The number of hydrogen-bond acceptors (Lipinski definition) is 2. The summed E-state index contributed by atoms with van der Waals surface area (Å²) in [5.41, 5.74) is 0.623. The summed E-state index contributed by atoms with van der Waals surface area (Å²) in [5.74, 6) is -0.0467. The third-order valence-electron chi connectivity index (χ3n) is 1.91. The van der Waals surface area contributed by atoms with Crippen LogP contribution >= 0.6 is 11.6 Å². The number of rotatable bonds is 1. The van der Waals surface area contributed by atoms with Crippen molar-refractivity contribution in [3.8, 4) is 17.4 Å². The van der Waals surface area contributed by atoms with E-state index >= 15 is 0 Å². The first-order chi connectivity index (χ1) is 6.68. The van der Waals surface area contributed by atoms with Crippen molar-refractivity contribution < 1.29 is 10.2 Å². The number of benzene rings is 1. The highest BCUT2D eigenvalue weighted by Gasteiger charge is 2.07. The third kappa shape index (κ3) is 1.42. The predicted octanol–water partition coefficient (Wildman–Crippen LogP) is 2.54. The van der Waals surface area contributed by atoms with Gasteiger partial charge in [-0.05, 0) is 18.2 Å². The van der Waals surface area contributed by atoms with Crippen molar-refractivity contribution in [3.63, 3.8) is 0 Å². The second-order valence-electron chi connectivity index (χ2n) is 2.87. The second kappa shape index (κ2) is 3.27. The zero-order chi connectivity index (χ0) is 10.1. The van der Waals surface area contributed by atoms with Gasteiger partial charge in [-0.1, -0.05) is 17.7 Å². The molecule has 2 rings (SSSR count). The van der Waals surface area contributed by atoms with E-state index in [1.54, 1.807) is 24.3 Å². The number of aromatic hydroxyl groups is 2. The summed E-state index contributed by atoms with van der Waals surface area (Å²) in [6.45, 7) is 0. The van der Waals surface area contributed by atoms with Crippen LogP contribution in [0, 0.1) is 0 Å². The first-order valence-corrected chi connectivity index (χ1v) is 4.42. The monoisotopic (exact) mass is 209 g/mol. The van der Waals surface area contributed by atoms with Crippen molar-refractivity contribution in [3.05, 3.63) is 41.4 Å². The van der Waals surface area contributed by atoms with E-state index in [1.165, 1.54) is 16.7 Å². The molecule has 1 heterocycles. The highest BCUT2D eigenvalue weighted by molar-refractivity contribution is 6.30. The average molecular weight is 210 g/mol. The molecule has 0 amide bonds. The zero-order valence-corrected chi connectivity index (χ0v) is 7.94. The largest absolute Gasteiger partial charge is 0.494 e. The van der Waals surface area contributed by atoms with Gasteiger partial charge in [-0.3, -0.25) is 4.57 Å². The van der Waals surface area contributed by atoms with Crippen LogP contribution in [0.5, 0.6) is 11.8 Å². The van der Waals surface area contributed by atoms with Gasteiger partial charge in [0.15, 0.2) is 11.8 Å². The van der Waals surface area contributed by atoms with Gasteiger partial charge in [0.25, 0.3) is 0 Å². The molecule has 2 N–H and O–H groups in total. The smallest absolute Gasteiger partial charge is 0.198 e. The SMILES string of the molecule is Oc1ccc(O)n1-c1cccc(Cl)c1. The van der Waals surface area contributed by atoms with Gasteiger partial charge in [-0.2, -0.15) is 0 Å². The highest BCUT2D eigenvalue weighted by atomic mass is 35.5. The molecule has 0 aliphatic heterocycles. The van der Waals surface area contributed by atoms with Gasteiger partial charge in [0, 0.05) is 17.2 Å². The molecule has 0 aliphatic carbocycles. The number of nitrogens with zero attached hydrogens (tertiary/aromatic N) is 1.